The van der Waals surface area contributed by atoms with Gasteiger partial charge in [0.25, 0.3) is 0 Å². The van der Waals surface area contributed by atoms with Gasteiger partial charge in [-0.2, -0.15) is 0 Å². The third-order valence-electron chi connectivity index (χ3n) is 4.69. The summed E-state index contributed by atoms with van der Waals surface area (Å²) < 4.78 is 0. The molecule has 130 valence electrons. The Bertz CT molecular complexity index is 929. The molecule has 0 spiro atoms. The Balaban J connectivity index is 2.27. The van der Waals surface area contributed by atoms with Gasteiger partial charge in [0.05, 0.1) is 11.3 Å². The first kappa shape index (κ1) is 18.0. The molecule has 1 heterocycles. The van der Waals surface area contributed by atoms with E-state index in [1.165, 1.54) is 16.8 Å². The molecule has 0 saturated carbocycles. The maximum atomic E-state index is 5.05. The Hall–Kier alpha value is -2.85. The normalized spacial score (nSPS) is 10.3. The first-order valence-corrected chi connectivity index (χ1v) is 9.45. The second-order valence-electron chi connectivity index (χ2n) is 6.28. The van der Waals surface area contributed by atoms with Crippen molar-refractivity contribution in [2.75, 3.05) is 0 Å². The van der Waals surface area contributed by atoms with Crippen molar-refractivity contribution in [3.63, 3.8) is 0 Å². The van der Waals surface area contributed by atoms with E-state index in [1.807, 2.05) is 24.3 Å². The Morgan fingerprint density at radius 3 is 1.88 bits per heavy atom. The topological polar surface area (TPSA) is 12.9 Å². The summed E-state index contributed by atoms with van der Waals surface area (Å²) in [6.07, 6.45) is 2.91. The van der Waals surface area contributed by atoms with E-state index in [9.17, 15) is 0 Å². The third kappa shape index (κ3) is 3.70. The molecule has 0 radical (unpaired) electrons. The minimum atomic E-state index is 0.947. The van der Waals surface area contributed by atoms with Crippen LogP contribution < -0.4 is 0 Å². The first-order valence-electron chi connectivity index (χ1n) is 9.45. The number of pyridine rings is 1. The van der Waals surface area contributed by atoms with Crippen LogP contribution in [-0.4, -0.2) is 4.98 Å². The lowest BCUT2D eigenvalue weighted by Crippen LogP contribution is -2.07. The molecule has 3 aromatic rings. The fourth-order valence-corrected chi connectivity index (χ4v) is 3.42. The van der Waals surface area contributed by atoms with E-state index in [0.29, 0.717) is 0 Å². The van der Waals surface area contributed by atoms with Crippen molar-refractivity contribution in [2.45, 2.75) is 40.0 Å². The van der Waals surface area contributed by atoms with Gasteiger partial charge in [0, 0.05) is 16.8 Å². The second-order valence-corrected chi connectivity index (χ2v) is 6.28. The molecule has 0 fully saturated rings. The van der Waals surface area contributed by atoms with Gasteiger partial charge >= 0.3 is 0 Å². The Labute approximate surface area is 157 Å². The van der Waals surface area contributed by atoms with Crippen molar-refractivity contribution in [3.8, 4) is 23.1 Å². The summed E-state index contributed by atoms with van der Waals surface area (Å²) in [6, 6.07) is 20.6. The Morgan fingerprint density at radius 1 is 0.692 bits per heavy atom. The van der Waals surface area contributed by atoms with E-state index in [1.54, 1.807) is 0 Å². The molecular weight excluding hydrogens is 314 g/mol. The summed E-state index contributed by atoms with van der Waals surface area (Å²) in [7, 11) is 0. The van der Waals surface area contributed by atoms with Gasteiger partial charge in [-0.15, -0.1) is 0 Å². The minimum absolute atomic E-state index is 0.947. The molecule has 0 atom stereocenters. The highest BCUT2D eigenvalue weighted by atomic mass is 14.7. The zero-order valence-corrected chi connectivity index (χ0v) is 15.8. The van der Waals surface area contributed by atoms with Crippen LogP contribution in [0.5, 0.6) is 0 Å². The number of hydrogen-bond donors (Lipinski definition) is 0. The largest absolute Gasteiger partial charge is 0.251 e. The fraction of sp³-hybridized carbons (Fsp3) is 0.240. The van der Waals surface area contributed by atoms with E-state index in [4.69, 9.17) is 4.98 Å². The van der Waals surface area contributed by atoms with Gasteiger partial charge in [0.15, 0.2) is 0 Å². The van der Waals surface area contributed by atoms with E-state index in [0.717, 1.165) is 41.6 Å². The van der Waals surface area contributed by atoms with E-state index < -0.39 is 0 Å². The lowest BCUT2D eigenvalue weighted by molar-refractivity contribution is 0.925. The summed E-state index contributed by atoms with van der Waals surface area (Å²) >= 11 is 0. The Morgan fingerprint density at radius 2 is 1.31 bits per heavy atom. The predicted octanol–water partition coefficient (Wildman–Crippen LogP) is 5.84. The Kier molecular flexibility index (Phi) is 5.87. The minimum Gasteiger partial charge on any atom is -0.251 e. The van der Waals surface area contributed by atoms with Crippen molar-refractivity contribution in [2.24, 2.45) is 0 Å². The van der Waals surface area contributed by atoms with Crippen molar-refractivity contribution >= 4 is 0 Å². The predicted molar refractivity (Wildman–Crippen MR) is 110 cm³/mol. The van der Waals surface area contributed by atoms with Gasteiger partial charge in [0.1, 0.15) is 0 Å². The molecule has 0 aliphatic heterocycles. The third-order valence-corrected chi connectivity index (χ3v) is 4.69. The molecule has 1 heteroatoms. The van der Waals surface area contributed by atoms with Crippen LogP contribution in [0.3, 0.4) is 0 Å². The van der Waals surface area contributed by atoms with Gasteiger partial charge < -0.3 is 0 Å². The van der Waals surface area contributed by atoms with Crippen LogP contribution in [-0.2, 0) is 19.3 Å². The highest BCUT2D eigenvalue weighted by Gasteiger charge is 2.16. The summed E-state index contributed by atoms with van der Waals surface area (Å²) in [6.45, 7) is 6.62. The molecule has 3 rings (SSSR count). The standard InChI is InChI=1S/C25H25N/c1-4-21-22(5-2)24(6-3)26-25(20-15-11-8-12-16-20)23(21)18-17-19-13-9-7-10-14-19/h7-16H,4-6H2,1-3H3. The lowest BCUT2D eigenvalue weighted by Gasteiger charge is -2.17. The van der Waals surface area contributed by atoms with Crippen molar-refractivity contribution in [3.05, 3.63) is 88.6 Å². The molecule has 1 nitrogen and oxygen atoms in total. The average Bonchev–Trinajstić information content (AvgIpc) is 2.72. The number of aromatic nitrogens is 1. The molecule has 0 aliphatic carbocycles. The maximum absolute atomic E-state index is 5.05. The molecular formula is C25H25N. The van der Waals surface area contributed by atoms with Crippen LogP contribution in [0, 0.1) is 11.8 Å². The van der Waals surface area contributed by atoms with Crippen LogP contribution in [0.1, 0.15) is 48.7 Å². The molecule has 0 unspecified atom stereocenters. The van der Waals surface area contributed by atoms with Crippen LogP contribution >= 0.6 is 0 Å². The second kappa shape index (κ2) is 8.50. The molecule has 0 aliphatic rings. The van der Waals surface area contributed by atoms with Gasteiger partial charge in [-0.3, -0.25) is 4.98 Å². The molecule has 26 heavy (non-hydrogen) atoms. The van der Waals surface area contributed by atoms with Gasteiger partial charge in [-0.1, -0.05) is 81.1 Å². The zero-order chi connectivity index (χ0) is 18.4. The van der Waals surface area contributed by atoms with Gasteiger partial charge in [-0.05, 0) is 42.5 Å². The number of benzene rings is 2. The maximum Gasteiger partial charge on any atom is 0.0864 e. The van der Waals surface area contributed by atoms with Crippen molar-refractivity contribution in [1.82, 2.24) is 4.98 Å². The lowest BCUT2D eigenvalue weighted by atomic mass is 9.91. The number of aryl methyl sites for hydroxylation is 1. The molecule has 0 N–H and O–H groups in total. The summed E-state index contributed by atoms with van der Waals surface area (Å²) in [5.74, 6) is 6.81. The SMILES string of the molecule is CCc1nc(-c2ccccc2)c(C#Cc2ccccc2)c(CC)c1CC. The molecule has 0 saturated heterocycles. The van der Waals surface area contributed by atoms with Crippen molar-refractivity contribution in [1.29, 1.82) is 0 Å². The quantitative estimate of drug-likeness (QED) is 0.545. The first-order chi connectivity index (χ1) is 12.8. The highest BCUT2D eigenvalue weighted by Crippen LogP contribution is 2.29. The summed E-state index contributed by atoms with van der Waals surface area (Å²) in [5.41, 5.74) is 8.18. The summed E-state index contributed by atoms with van der Waals surface area (Å²) in [5, 5.41) is 0. The number of nitrogens with zero attached hydrogens (tertiary/aromatic N) is 1. The van der Waals surface area contributed by atoms with Gasteiger partial charge in [0.2, 0.25) is 0 Å². The van der Waals surface area contributed by atoms with E-state index in [-0.39, 0.29) is 0 Å². The highest BCUT2D eigenvalue weighted by molar-refractivity contribution is 5.71. The average molecular weight is 339 g/mol. The summed E-state index contributed by atoms with van der Waals surface area (Å²) in [4.78, 5) is 5.05. The number of hydrogen-bond acceptors (Lipinski definition) is 1. The molecule has 0 bridgehead atoms. The fourth-order valence-electron chi connectivity index (χ4n) is 3.42. The zero-order valence-electron chi connectivity index (χ0n) is 15.8. The van der Waals surface area contributed by atoms with Crippen LogP contribution in [0.4, 0.5) is 0 Å². The smallest absolute Gasteiger partial charge is 0.0864 e. The van der Waals surface area contributed by atoms with Gasteiger partial charge in [-0.25, -0.2) is 0 Å². The molecule has 2 aromatic carbocycles. The van der Waals surface area contributed by atoms with E-state index >= 15 is 0 Å². The molecule has 1 aromatic heterocycles. The van der Waals surface area contributed by atoms with Crippen LogP contribution in [0.25, 0.3) is 11.3 Å². The number of rotatable bonds is 4. The van der Waals surface area contributed by atoms with Crippen LogP contribution in [0.15, 0.2) is 60.7 Å². The van der Waals surface area contributed by atoms with Crippen molar-refractivity contribution < 1.29 is 0 Å². The molecule has 0 amide bonds. The van der Waals surface area contributed by atoms with E-state index in [2.05, 4.69) is 69.0 Å². The monoisotopic (exact) mass is 339 g/mol. The van der Waals surface area contributed by atoms with Crippen LogP contribution in [0.2, 0.25) is 0 Å².